The van der Waals surface area contributed by atoms with Crippen molar-refractivity contribution in [1.29, 1.82) is 0 Å². The number of alkyl halides is 2. The second kappa shape index (κ2) is 15.0. The van der Waals surface area contributed by atoms with Gasteiger partial charge in [-0.25, -0.2) is 22.7 Å². The third-order valence-corrected chi connectivity index (χ3v) is 11.9. The first kappa shape index (κ1) is 35.0. The van der Waals surface area contributed by atoms with Gasteiger partial charge in [-0.15, -0.1) is 0 Å². The van der Waals surface area contributed by atoms with Gasteiger partial charge in [-0.2, -0.15) is 8.78 Å². The van der Waals surface area contributed by atoms with Crippen molar-refractivity contribution in [2.45, 2.75) is 82.6 Å². The van der Waals surface area contributed by atoms with Crippen molar-refractivity contribution in [3.05, 3.63) is 30.1 Å². The zero-order valence-corrected chi connectivity index (χ0v) is 28.6. The number of fused-ring (bicyclic) bond motifs is 2. The van der Waals surface area contributed by atoms with Crippen LogP contribution < -0.4 is 30.3 Å². The number of piperazine rings is 1. The van der Waals surface area contributed by atoms with Crippen molar-refractivity contribution < 1.29 is 36.3 Å². The Balaban J connectivity index is 0.975. The number of anilines is 3. The third kappa shape index (κ3) is 8.32. The topological polar surface area (TPSA) is 158 Å². The lowest BCUT2D eigenvalue weighted by molar-refractivity contribution is -0.133. The number of benzene rings is 1. The molecule has 49 heavy (non-hydrogen) atoms. The number of piperidine rings is 2. The van der Waals surface area contributed by atoms with Gasteiger partial charge in [0.1, 0.15) is 11.8 Å². The second-order valence-electron chi connectivity index (χ2n) is 13.1. The summed E-state index contributed by atoms with van der Waals surface area (Å²) in [4.78, 5) is 36.8. The van der Waals surface area contributed by atoms with E-state index < -0.39 is 22.7 Å². The number of nitrogens with zero attached hydrogens (tertiary/aromatic N) is 5. The van der Waals surface area contributed by atoms with Crippen molar-refractivity contribution in [1.82, 2.24) is 24.5 Å². The molecular weight excluding hydrogens is 662 g/mol. The SMILES string of the molecule is COc1cc(N2CC3CCC(C2)N3CCCS(=O)(=O)N2CCC(Nc3ncc(OC(F)F)cn3)CC2)c(C)cc1NC1CCC(=O)NC1=O. The molecule has 4 fully saturated rings. The maximum absolute atomic E-state index is 13.2. The molecule has 0 radical (unpaired) electrons. The minimum Gasteiger partial charge on any atom is -0.495 e. The van der Waals surface area contributed by atoms with Crippen molar-refractivity contribution in [3.63, 3.8) is 0 Å². The molecule has 3 N–H and O–H groups in total. The van der Waals surface area contributed by atoms with Crippen LogP contribution in [0.25, 0.3) is 0 Å². The highest BCUT2D eigenvalue weighted by molar-refractivity contribution is 7.89. The number of carbonyl (C=O) groups is 2. The summed E-state index contributed by atoms with van der Waals surface area (Å²) in [6.45, 7) is 2.26. The lowest BCUT2D eigenvalue weighted by Crippen LogP contribution is -2.54. The number of sulfonamides is 1. The van der Waals surface area contributed by atoms with E-state index in [0.717, 1.165) is 43.7 Å². The van der Waals surface area contributed by atoms with Gasteiger partial charge in [-0.3, -0.25) is 19.8 Å². The minimum absolute atomic E-state index is 0.0263. The van der Waals surface area contributed by atoms with Gasteiger partial charge in [0.25, 0.3) is 0 Å². The quantitative estimate of drug-likeness (QED) is 0.262. The Hall–Kier alpha value is -3.83. The predicted octanol–water partition coefficient (Wildman–Crippen LogP) is 2.56. The van der Waals surface area contributed by atoms with E-state index in [0.29, 0.717) is 68.7 Å². The molecular formula is C32H44F2N8O6S. The summed E-state index contributed by atoms with van der Waals surface area (Å²) < 4.78 is 62.7. The molecule has 4 aliphatic rings. The number of halogens is 2. The van der Waals surface area contributed by atoms with Crippen molar-refractivity contribution in [2.24, 2.45) is 0 Å². The predicted molar refractivity (Wildman–Crippen MR) is 179 cm³/mol. The Morgan fingerprint density at radius 3 is 2.35 bits per heavy atom. The summed E-state index contributed by atoms with van der Waals surface area (Å²) >= 11 is 0. The molecule has 1 aromatic heterocycles. The second-order valence-corrected chi connectivity index (χ2v) is 15.2. The largest absolute Gasteiger partial charge is 0.495 e. The number of nitrogens with one attached hydrogen (secondary N) is 3. The zero-order valence-electron chi connectivity index (χ0n) is 27.7. The molecule has 4 saturated heterocycles. The number of imide groups is 1. The highest BCUT2D eigenvalue weighted by atomic mass is 32.2. The molecule has 3 atom stereocenters. The van der Waals surface area contributed by atoms with Crippen molar-refractivity contribution >= 4 is 39.2 Å². The fraction of sp³-hybridized carbons (Fsp3) is 0.625. The van der Waals surface area contributed by atoms with Gasteiger partial charge in [0.05, 0.1) is 30.9 Å². The van der Waals surface area contributed by atoms with E-state index in [1.165, 1.54) is 12.4 Å². The Morgan fingerprint density at radius 2 is 1.71 bits per heavy atom. The number of hydrogen-bond donors (Lipinski definition) is 3. The van der Waals surface area contributed by atoms with Crippen LogP contribution in [0.2, 0.25) is 0 Å². The average molecular weight is 707 g/mol. The molecule has 17 heteroatoms. The van der Waals surface area contributed by atoms with Crippen LogP contribution >= 0.6 is 0 Å². The van der Waals surface area contributed by atoms with Crippen molar-refractivity contribution in [2.75, 3.05) is 61.1 Å². The molecule has 2 aromatic rings. The summed E-state index contributed by atoms with van der Waals surface area (Å²) in [5.41, 5.74) is 2.84. The van der Waals surface area contributed by atoms with E-state index in [4.69, 9.17) is 4.74 Å². The van der Waals surface area contributed by atoms with E-state index in [1.807, 2.05) is 19.1 Å². The van der Waals surface area contributed by atoms with Crippen LogP contribution in [0.3, 0.4) is 0 Å². The lowest BCUT2D eigenvalue weighted by atomic mass is 10.0. The number of carbonyl (C=O) groups excluding carboxylic acids is 2. The van der Waals surface area contributed by atoms with Gasteiger partial charge in [-0.1, -0.05) is 0 Å². The fourth-order valence-electron chi connectivity index (χ4n) is 7.44. The van der Waals surface area contributed by atoms with Crippen LogP contribution in [0, 0.1) is 6.92 Å². The number of amides is 2. The van der Waals surface area contributed by atoms with E-state index in [-0.39, 0.29) is 35.3 Å². The maximum atomic E-state index is 13.2. The van der Waals surface area contributed by atoms with E-state index in [9.17, 15) is 26.8 Å². The van der Waals surface area contributed by atoms with E-state index in [1.54, 1.807) is 11.4 Å². The summed E-state index contributed by atoms with van der Waals surface area (Å²) in [5, 5.41) is 8.79. The monoisotopic (exact) mass is 706 g/mol. The lowest BCUT2D eigenvalue weighted by Gasteiger charge is -2.43. The summed E-state index contributed by atoms with van der Waals surface area (Å²) in [7, 11) is -1.81. The molecule has 5 heterocycles. The van der Waals surface area contributed by atoms with Crippen LogP contribution in [-0.2, 0) is 19.6 Å². The number of ether oxygens (including phenoxy) is 2. The summed E-state index contributed by atoms with van der Waals surface area (Å²) in [6, 6.07) is 4.13. The first-order valence-corrected chi connectivity index (χ1v) is 18.4. The van der Waals surface area contributed by atoms with Gasteiger partial charge in [0.15, 0.2) is 5.75 Å². The molecule has 14 nitrogen and oxygen atoms in total. The van der Waals surface area contributed by atoms with Crippen LogP contribution in [0.15, 0.2) is 24.5 Å². The summed E-state index contributed by atoms with van der Waals surface area (Å²) in [6.07, 6.45) is 6.92. The molecule has 268 valence electrons. The number of aromatic nitrogens is 2. The first-order chi connectivity index (χ1) is 23.5. The van der Waals surface area contributed by atoms with Crippen LogP contribution in [0.4, 0.5) is 26.1 Å². The zero-order chi connectivity index (χ0) is 34.7. The Kier molecular flexibility index (Phi) is 10.7. The van der Waals surface area contributed by atoms with E-state index in [2.05, 4.69) is 40.5 Å². The van der Waals surface area contributed by atoms with Gasteiger partial charge >= 0.3 is 6.61 Å². The number of methoxy groups -OCH3 is 1. The highest BCUT2D eigenvalue weighted by Crippen LogP contribution is 2.38. The Labute approximate surface area is 285 Å². The van der Waals surface area contributed by atoms with Crippen LogP contribution in [0.5, 0.6) is 11.5 Å². The first-order valence-electron chi connectivity index (χ1n) is 16.8. The van der Waals surface area contributed by atoms with Gasteiger partial charge < -0.3 is 25.0 Å². The van der Waals surface area contributed by atoms with Crippen molar-refractivity contribution in [3.8, 4) is 11.5 Å². The van der Waals surface area contributed by atoms with Crippen LogP contribution in [-0.4, -0.2) is 116 Å². The molecule has 6 rings (SSSR count). The fourth-order valence-corrected chi connectivity index (χ4v) is 8.96. The van der Waals surface area contributed by atoms with Crippen LogP contribution in [0.1, 0.15) is 50.5 Å². The standard InChI is InChI=1S/C32H44F2N8O6S/c1-20-14-26(38-25-6-7-29(43)39-30(25)44)28(47-2)15-27(20)40-18-22-4-5-23(19-40)42(22)10-3-13-49(45,46)41-11-8-21(9-12-41)37-32-35-16-24(17-36-32)48-31(33)34/h14-17,21-23,25,31,38H,3-13,18-19H2,1-2H3,(H,35,36,37)(H,39,43,44). The molecule has 0 aliphatic carbocycles. The van der Waals surface area contributed by atoms with Gasteiger partial charge in [0.2, 0.25) is 27.8 Å². The molecule has 0 spiro atoms. The smallest absolute Gasteiger partial charge is 0.387 e. The number of hydrogen-bond acceptors (Lipinski definition) is 12. The van der Waals surface area contributed by atoms with E-state index >= 15 is 0 Å². The maximum Gasteiger partial charge on any atom is 0.387 e. The normalized spacial score (nSPS) is 23.9. The minimum atomic E-state index is -3.41. The Morgan fingerprint density at radius 1 is 1.02 bits per heavy atom. The van der Waals surface area contributed by atoms with Gasteiger partial charge in [0, 0.05) is 62.5 Å². The molecule has 2 bridgehead atoms. The third-order valence-electron chi connectivity index (χ3n) is 9.91. The molecule has 1 aromatic carbocycles. The number of aryl methyl sites for hydroxylation is 1. The van der Waals surface area contributed by atoms with Gasteiger partial charge in [-0.05, 0) is 63.6 Å². The Bertz CT molecular complexity index is 1600. The molecule has 0 saturated carbocycles. The summed E-state index contributed by atoms with van der Waals surface area (Å²) in [5.74, 6) is 0.298. The molecule has 4 aliphatic heterocycles. The highest BCUT2D eigenvalue weighted by Gasteiger charge is 2.40. The number of rotatable bonds is 13. The molecule has 2 amide bonds. The average Bonchev–Trinajstić information content (AvgIpc) is 3.29. The molecule has 3 unspecified atom stereocenters.